The molecule has 1 heterocycles. The molecule has 1 N–H and O–H groups in total. The molecule has 5 nitrogen and oxygen atoms in total. The number of anilines is 1. The Kier molecular flexibility index (Phi) is 7.28. The van der Waals surface area contributed by atoms with Crippen molar-refractivity contribution < 1.29 is 17.5 Å². The molecule has 0 saturated heterocycles. The van der Waals surface area contributed by atoms with E-state index in [9.17, 15) is 8.42 Å². The van der Waals surface area contributed by atoms with Crippen LogP contribution in [0.3, 0.4) is 0 Å². The topological polar surface area (TPSA) is 61.5 Å². The number of thiazole rings is 1. The molecular formula is C23H29N2O3S2+. The second kappa shape index (κ2) is 9.73. The molecule has 0 unspecified atom stereocenters. The Labute approximate surface area is 183 Å². The number of benzene rings is 2. The van der Waals surface area contributed by atoms with Crippen LogP contribution in [0.4, 0.5) is 5.69 Å². The van der Waals surface area contributed by atoms with Gasteiger partial charge in [0.05, 0.1) is 5.75 Å². The molecule has 0 saturated carbocycles. The summed E-state index contributed by atoms with van der Waals surface area (Å²) < 4.78 is 34.6. The molecule has 30 heavy (non-hydrogen) atoms. The minimum absolute atomic E-state index is 0.237. The quantitative estimate of drug-likeness (QED) is 0.380. The van der Waals surface area contributed by atoms with Gasteiger partial charge in [-0.3, -0.25) is 4.55 Å². The van der Waals surface area contributed by atoms with E-state index in [2.05, 4.69) is 77.9 Å². The Morgan fingerprint density at radius 3 is 2.40 bits per heavy atom. The van der Waals surface area contributed by atoms with E-state index in [0.717, 1.165) is 39.4 Å². The Balaban J connectivity index is 1.88. The summed E-state index contributed by atoms with van der Waals surface area (Å²) in [5, 5.41) is 1.05. The van der Waals surface area contributed by atoms with Crippen molar-refractivity contribution in [2.75, 3.05) is 23.7 Å². The van der Waals surface area contributed by atoms with Crippen LogP contribution >= 0.6 is 11.3 Å². The van der Waals surface area contributed by atoms with Gasteiger partial charge >= 0.3 is 0 Å². The van der Waals surface area contributed by atoms with E-state index in [1.807, 2.05) is 6.92 Å². The zero-order chi connectivity index (χ0) is 21.7. The summed E-state index contributed by atoms with van der Waals surface area (Å²) in [6.45, 7) is 8.85. The van der Waals surface area contributed by atoms with Gasteiger partial charge < -0.3 is 4.90 Å². The summed E-state index contributed by atoms with van der Waals surface area (Å²) >= 11 is 1.68. The second-order valence-corrected chi connectivity index (χ2v) is 9.93. The van der Waals surface area contributed by atoms with Gasteiger partial charge in [-0.2, -0.15) is 13.0 Å². The number of rotatable bonds is 9. The van der Waals surface area contributed by atoms with Gasteiger partial charge in [0, 0.05) is 37.3 Å². The average molecular weight is 446 g/mol. The van der Waals surface area contributed by atoms with Crippen molar-refractivity contribution >= 4 is 49.5 Å². The maximum Gasteiger partial charge on any atom is 0.265 e. The summed E-state index contributed by atoms with van der Waals surface area (Å²) in [7, 11) is -3.95. The first-order chi connectivity index (χ1) is 14.3. The molecule has 0 fully saturated rings. The summed E-state index contributed by atoms with van der Waals surface area (Å²) in [5.41, 5.74) is 4.58. The summed E-state index contributed by atoms with van der Waals surface area (Å²) in [5.74, 6) is -0.237. The fourth-order valence-electron chi connectivity index (χ4n) is 3.52. The number of hydrogen-bond acceptors (Lipinski definition) is 4. The van der Waals surface area contributed by atoms with Crippen LogP contribution in [0.25, 0.3) is 22.4 Å². The first-order valence-corrected chi connectivity index (χ1v) is 12.6. The normalized spacial score (nSPS) is 12.1. The lowest BCUT2D eigenvalue weighted by Gasteiger charge is -2.20. The van der Waals surface area contributed by atoms with Gasteiger partial charge in [-0.1, -0.05) is 29.5 Å². The van der Waals surface area contributed by atoms with Crippen molar-refractivity contribution in [2.24, 2.45) is 0 Å². The van der Waals surface area contributed by atoms with Gasteiger partial charge in [-0.05, 0) is 56.2 Å². The van der Waals surface area contributed by atoms with Crippen molar-refractivity contribution in [1.82, 2.24) is 0 Å². The minimum Gasteiger partial charge on any atom is -0.372 e. The van der Waals surface area contributed by atoms with Crippen LogP contribution in [-0.2, 0) is 16.7 Å². The van der Waals surface area contributed by atoms with Crippen molar-refractivity contribution in [2.45, 2.75) is 33.7 Å². The third-order valence-electron chi connectivity index (χ3n) is 5.11. The molecule has 160 valence electrons. The van der Waals surface area contributed by atoms with Crippen LogP contribution in [0.2, 0.25) is 0 Å². The molecule has 0 aliphatic heterocycles. The lowest BCUT2D eigenvalue weighted by molar-refractivity contribution is -0.668. The molecule has 7 heteroatoms. The van der Waals surface area contributed by atoms with Crippen molar-refractivity contribution in [3.63, 3.8) is 0 Å². The largest absolute Gasteiger partial charge is 0.372 e. The molecule has 0 atom stereocenters. The maximum atomic E-state index is 11.1. The van der Waals surface area contributed by atoms with Crippen molar-refractivity contribution in [3.05, 3.63) is 58.6 Å². The molecule has 0 amide bonds. The molecule has 0 radical (unpaired) electrons. The number of hydrogen-bond donors (Lipinski definition) is 1. The highest BCUT2D eigenvalue weighted by Crippen LogP contribution is 2.24. The highest BCUT2D eigenvalue weighted by atomic mass is 32.2. The minimum atomic E-state index is -3.95. The van der Waals surface area contributed by atoms with Crippen LogP contribution in [-0.4, -0.2) is 31.8 Å². The van der Waals surface area contributed by atoms with Gasteiger partial charge in [0.25, 0.3) is 15.1 Å². The average Bonchev–Trinajstić information content (AvgIpc) is 3.04. The zero-order valence-electron chi connectivity index (χ0n) is 17.7. The molecule has 0 spiro atoms. The van der Waals surface area contributed by atoms with Gasteiger partial charge in [-0.15, -0.1) is 0 Å². The summed E-state index contributed by atoms with van der Waals surface area (Å²) in [4.78, 5) is 2.31. The molecule has 3 rings (SSSR count). The number of nitrogens with zero attached hydrogens (tertiary/aromatic N) is 2. The van der Waals surface area contributed by atoms with Crippen molar-refractivity contribution in [3.8, 4) is 0 Å². The third-order valence-corrected chi connectivity index (χ3v) is 7.05. The Morgan fingerprint density at radius 2 is 1.77 bits per heavy atom. The molecule has 0 bridgehead atoms. The second-order valence-electron chi connectivity index (χ2n) is 7.30. The van der Waals surface area contributed by atoms with Crippen molar-refractivity contribution in [1.29, 1.82) is 0 Å². The fraction of sp³-hybridized carbons (Fsp3) is 0.348. The Morgan fingerprint density at radius 1 is 1.07 bits per heavy atom. The van der Waals surface area contributed by atoms with Gasteiger partial charge in [0.2, 0.25) is 5.52 Å². The van der Waals surface area contributed by atoms with Crippen LogP contribution in [0.15, 0.2) is 42.5 Å². The summed E-state index contributed by atoms with van der Waals surface area (Å²) in [6.07, 6.45) is 4.53. The van der Waals surface area contributed by atoms with E-state index in [-0.39, 0.29) is 5.75 Å². The standard InChI is InChI=1S/C23H28N2O3S2/c1-4-24(5-2)20-11-8-19(9-12-20)10-14-23-25(15-6-16-30(26,27)28)21-17-18(3)7-13-22(21)29-23/h7-14,17H,4-6,15-16H2,1-3H3/p+1. The van der Waals surface area contributed by atoms with E-state index in [1.54, 1.807) is 11.3 Å². The molecular weight excluding hydrogens is 416 g/mol. The predicted octanol–water partition coefficient (Wildman–Crippen LogP) is 4.79. The van der Waals surface area contributed by atoms with E-state index in [1.165, 1.54) is 5.69 Å². The maximum absolute atomic E-state index is 11.1. The van der Waals surface area contributed by atoms with E-state index < -0.39 is 10.1 Å². The number of aromatic nitrogens is 1. The van der Waals surface area contributed by atoms with Gasteiger partial charge in [0.1, 0.15) is 4.70 Å². The smallest absolute Gasteiger partial charge is 0.265 e. The molecule has 0 aliphatic rings. The van der Waals surface area contributed by atoms with Crippen LogP contribution in [0.5, 0.6) is 0 Å². The molecule has 1 aromatic heterocycles. The summed E-state index contributed by atoms with van der Waals surface area (Å²) in [6, 6.07) is 14.8. The van der Waals surface area contributed by atoms with Crippen LogP contribution in [0, 0.1) is 6.92 Å². The Hall–Kier alpha value is -2.22. The molecule has 3 aromatic rings. The predicted molar refractivity (Wildman–Crippen MR) is 127 cm³/mol. The number of aryl methyl sites for hydroxylation is 2. The lowest BCUT2D eigenvalue weighted by atomic mass is 10.2. The van der Waals surface area contributed by atoms with Gasteiger partial charge in [-0.25, -0.2) is 0 Å². The monoisotopic (exact) mass is 445 g/mol. The molecule has 0 aliphatic carbocycles. The van der Waals surface area contributed by atoms with E-state index in [4.69, 9.17) is 4.55 Å². The molecule has 2 aromatic carbocycles. The Bertz CT molecular complexity index is 1130. The number of fused-ring (bicyclic) bond motifs is 1. The zero-order valence-corrected chi connectivity index (χ0v) is 19.3. The first-order valence-electron chi connectivity index (χ1n) is 10.2. The SMILES string of the molecule is CCN(CC)c1ccc(/C=C/c2sc3ccc(C)cc3[n+]2CCCS(=O)(=O)O)cc1. The van der Waals surface area contributed by atoms with Gasteiger partial charge in [0.15, 0.2) is 6.54 Å². The fourth-order valence-corrected chi connectivity index (χ4v) is 5.09. The highest BCUT2D eigenvalue weighted by molar-refractivity contribution is 7.85. The lowest BCUT2D eigenvalue weighted by Crippen LogP contribution is -2.36. The van der Waals surface area contributed by atoms with E-state index in [0.29, 0.717) is 13.0 Å². The third kappa shape index (κ3) is 5.68. The van der Waals surface area contributed by atoms with E-state index >= 15 is 0 Å². The van der Waals surface area contributed by atoms with Crippen LogP contribution < -0.4 is 9.47 Å². The highest BCUT2D eigenvalue weighted by Gasteiger charge is 2.19. The first kappa shape index (κ1) is 22.5. The van der Waals surface area contributed by atoms with Crippen LogP contribution in [0.1, 0.15) is 36.4 Å².